The third-order valence-corrected chi connectivity index (χ3v) is 3.14. The van der Waals surface area contributed by atoms with Crippen LogP contribution in [-0.4, -0.2) is 42.6 Å². The van der Waals surface area contributed by atoms with Gasteiger partial charge >= 0.3 is 6.09 Å². The Labute approximate surface area is 153 Å². The summed E-state index contributed by atoms with van der Waals surface area (Å²) in [4.78, 5) is 12.9. The standard InChI is InChI=1S/C15H20Br2N2O2/c1-15(2,3)21-14(20)19-6-4-18(5-7-19)13-9-11(16)8-12(17)10-13/h8-10H,4-7H2,1-3H3/i4D2,5D2,6D2,7D2. The SMILES string of the molecule is [2H]C1([2H])N(C(=O)OC(C)(C)C)C([2H])([2H])C([2H])([2H])N(c2cc(Br)cc(Br)c2)C1([2H])[2H]. The summed E-state index contributed by atoms with van der Waals surface area (Å²) < 4.78 is 72.6. The van der Waals surface area contributed by atoms with Crippen LogP contribution in [0.15, 0.2) is 27.1 Å². The molecule has 2 rings (SSSR count). The Morgan fingerprint density at radius 2 is 1.67 bits per heavy atom. The van der Waals surface area contributed by atoms with Gasteiger partial charge in [0.05, 0.1) is 11.0 Å². The number of hydrogen-bond acceptors (Lipinski definition) is 3. The molecule has 116 valence electrons. The average Bonchev–Trinajstić information content (AvgIpc) is 2.41. The van der Waals surface area contributed by atoms with Gasteiger partial charge in [0.15, 0.2) is 0 Å². The fourth-order valence-electron chi connectivity index (χ4n) is 1.45. The largest absolute Gasteiger partial charge is 0.444 e. The number of amides is 1. The third-order valence-electron chi connectivity index (χ3n) is 2.23. The van der Waals surface area contributed by atoms with Gasteiger partial charge < -0.3 is 14.5 Å². The Morgan fingerprint density at radius 3 is 2.14 bits per heavy atom. The van der Waals surface area contributed by atoms with E-state index in [1.54, 1.807) is 6.07 Å². The number of carbonyl (C=O) groups excluding carboxylic acids is 1. The molecule has 0 spiro atoms. The van der Waals surface area contributed by atoms with Gasteiger partial charge in [-0.15, -0.1) is 0 Å². The highest BCUT2D eigenvalue weighted by Crippen LogP contribution is 2.27. The molecule has 0 unspecified atom stereocenters. The van der Waals surface area contributed by atoms with Crippen molar-refractivity contribution in [3.05, 3.63) is 27.1 Å². The first-order valence-electron chi connectivity index (χ1n) is 10.1. The zero-order chi connectivity index (χ0) is 22.8. The van der Waals surface area contributed by atoms with Gasteiger partial charge in [-0.1, -0.05) is 31.9 Å². The van der Waals surface area contributed by atoms with Crippen LogP contribution in [0.25, 0.3) is 0 Å². The molecule has 0 atom stereocenters. The first kappa shape index (κ1) is 8.77. The number of nitrogens with zero attached hydrogens (tertiary/aromatic N) is 2. The van der Waals surface area contributed by atoms with Crippen LogP contribution in [0.1, 0.15) is 31.7 Å². The van der Waals surface area contributed by atoms with Crippen molar-refractivity contribution < 1.29 is 20.5 Å². The number of rotatable bonds is 1. The van der Waals surface area contributed by atoms with Crippen LogP contribution in [0.4, 0.5) is 10.5 Å². The molecule has 1 aliphatic heterocycles. The summed E-state index contributed by atoms with van der Waals surface area (Å²) >= 11 is 6.41. The third kappa shape index (κ3) is 4.88. The number of hydrogen-bond donors (Lipinski definition) is 0. The monoisotopic (exact) mass is 426 g/mol. The summed E-state index contributed by atoms with van der Waals surface area (Å²) in [6.45, 7) is -8.48. The lowest BCUT2D eigenvalue weighted by Gasteiger charge is -2.36. The van der Waals surface area contributed by atoms with E-state index in [4.69, 9.17) is 15.7 Å². The van der Waals surface area contributed by atoms with Crippen LogP contribution in [0.3, 0.4) is 0 Å². The van der Waals surface area contributed by atoms with Crippen LogP contribution in [0.5, 0.6) is 0 Å². The molecule has 0 saturated carbocycles. The molecule has 1 fully saturated rings. The topological polar surface area (TPSA) is 32.8 Å². The number of benzene rings is 1. The summed E-state index contributed by atoms with van der Waals surface area (Å²) in [7, 11) is 0. The highest BCUT2D eigenvalue weighted by atomic mass is 79.9. The maximum absolute atomic E-state index is 12.6. The van der Waals surface area contributed by atoms with Crippen molar-refractivity contribution in [1.82, 2.24) is 4.90 Å². The van der Waals surface area contributed by atoms with Crippen molar-refractivity contribution >= 4 is 43.6 Å². The quantitative estimate of drug-likeness (QED) is 0.670. The molecule has 4 nitrogen and oxygen atoms in total. The van der Waals surface area contributed by atoms with Crippen LogP contribution in [0.2, 0.25) is 0 Å². The van der Waals surface area contributed by atoms with Crippen molar-refractivity contribution in [1.29, 1.82) is 0 Å². The van der Waals surface area contributed by atoms with Gasteiger partial charge in [0.25, 0.3) is 0 Å². The zero-order valence-corrected chi connectivity index (χ0v) is 14.9. The maximum Gasteiger partial charge on any atom is 0.410 e. The van der Waals surface area contributed by atoms with E-state index >= 15 is 0 Å². The van der Waals surface area contributed by atoms with Crippen LogP contribution in [0, 0.1) is 0 Å². The predicted octanol–water partition coefficient (Wildman–Crippen LogP) is 4.27. The van der Waals surface area contributed by atoms with Crippen LogP contribution < -0.4 is 4.90 Å². The van der Waals surface area contributed by atoms with E-state index in [2.05, 4.69) is 31.9 Å². The molecular formula is C15H20Br2N2O2. The number of ether oxygens (including phenoxy) is 1. The van der Waals surface area contributed by atoms with E-state index in [-0.39, 0.29) is 10.6 Å². The van der Waals surface area contributed by atoms with E-state index in [0.29, 0.717) is 13.8 Å². The van der Waals surface area contributed by atoms with Crippen molar-refractivity contribution in [2.75, 3.05) is 30.9 Å². The second-order valence-electron chi connectivity index (χ2n) is 5.23. The van der Waals surface area contributed by atoms with E-state index in [1.807, 2.05) is 0 Å². The second kappa shape index (κ2) is 6.57. The Kier molecular flexibility index (Phi) is 2.74. The van der Waals surface area contributed by atoms with E-state index in [0.717, 1.165) is 0 Å². The highest BCUT2D eigenvalue weighted by molar-refractivity contribution is 9.11. The number of carbonyl (C=O) groups is 1. The Hall–Kier alpha value is -0.750. The molecule has 0 aliphatic carbocycles. The molecule has 1 aromatic rings. The van der Waals surface area contributed by atoms with E-state index < -0.39 is 37.7 Å². The average molecular weight is 428 g/mol. The lowest BCUT2D eigenvalue weighted by atomic mass is 10.2. The van der Waals surface area contributed by atoms with E-state index in [9.17, 15) is 4.79 Å². The number of anilines is 1. The molecule has 0 aromatic heterocycles. The zero-order valence-electron chi connectivity index (χ0n) is 19.7. The van der Waals surface area contributed by atoms with Gasteiger partial charge in [0.2, 0.25) is 0 Å². The number of piperazine rings is 1. The normalized spacial score (nSPS) is 31.3. The molecule has 0 bridgehead atoms. The van der Waals surface area contributed by atoms with Crippen LogP contribution in [-0.2, 0) is 4.74 Å². The van der Waals surface area contributed by atoms with E-state index in [1.165, 1.54) is 32.9 Å². The molecule has 1 amide bonds. The maximum atomic E-state index is 12.6. The van der Waals surface area contributed by atoms with Gasteiger partial charge in [0.1, 0.15) is 5.60 Å². The predicted molar refractivity (Wildman–Crippen MR) is 91.9 cm³/mol. The summed E-state index contributed by atoms with van der Waals surface area (Å²) in [5.74, 6) is 0. The molecule has 6 heteroatoms. The van der Waals surface area contributed by atoms with Gasteiger partial charge in [-0.25, -0.2) is 4.79 Å². The Morgan fingerprint density at radius 1 is 1.14 bits per heavy atom. The fraction of sp³-hybridized carbons (Fsp3) is 0.533. The summed E-state index contributed by atoms with van der Waals surface area (Å²) in [6.07, 6.45) is -1.50. The smallest absolute Gasteiger partial charge is 0.410 e. The minimum Gasteiger partial charge on any atom is -0.444 e. The van der Waals surface area contributed by atoms with Crippen LogP contribution >= 0.6 is 31.9 Å². The first-order chi connectivity index (χ1) is 12.8. The van der Waals surface area contributed by atoms with Crippen molar-refractivity contribution in [3.63, 3.8) is 0 Å². The molecule has 0 N–H and O–H groups in total. The molecule has 0 radical (unpaired) electrons. The minimum atomic E-state index is -3.29. The van der Waals surface area contributed by atoms with Gasteiger partial charge in [-0.3, -0.25) is 0 Å². The fourth-order valence-corrected chi connectivity index (χ4v) is 2.72. The summed E-state index contributed by atoms with van der Waals surface area (Å²) in [5.41, 5.74) is -1.26. The second-order valence-corrected chi connectivity index (χ2v) is 7.06. The molecular weight excluding hydrogens is 400 g/mol. The Bertz CT molecular complexity index is 781. The first-order valence-corrected chi connectivity index (χ1v) is 7.65. The van der Waals surface area contributed by atoms with Gasteiger partial charge in [0, 0.05) is 40.6 Å². The number of halogens is 2. The van der Waals surface area contributed by atoms with Gasteiger partial charge in [-0.2, -0.15) is 0 Å². The minimum absolute atomic E-state index is 0.127. The molecule has 1 aliphatic rings. The molecule has 1 heterocycles. The van der Waals surface area contributed by atoms with Crippen molar-refractivity contribution in [2.45, 2.75) is 26.4 Å². The lowest BCUT2D eigenvalue weighted by Crippen LogP contribution is -2.50. The Balaban J connectivity index is 2.74. The molecule has 1 saturated heterocycles. The van der Waals surface area contributed by atoms with Crippen molar-refractivity contribution in [2.24, 2.45) is 0 Å². The molecule has 1 aromatic carbocycles. The van der Waals surface area contributed by atoms with Gasteiger partial charge in [-0.05, 0) is 39.0 Å². The van der Waals surface area contributed by atoms with Crippen molar-refractivity contribution in [3.8, 4) is 0 Å². The summed E-state index contributed by atoms with van der Waals surface area (Å²) in [5, 5.41) is 0. The summed E-state index contributed by atoms with van der Waals surface area (Å²) in [6, 6.07) is 4.26. The molecule has 21 heavy (non-hydrogen) atoms. The lowest BCUT2D eigenvalue weighted by molar-refractivity contribution is 0.0240. The highest BCUT2D eigenvalue weighted by Gasteiger charge is 2.26.